The number of aryl methyl sites for hydroxylation is 1. The summed E-state index contributed by atoms with van der Waals surface area (Å²) < 4.78 is 3.00. The summed E-state index contributed by atoms with van der Waals surface area (Å²) in [6.45, 7) is 0. The number of carbonyl (C=O) groups excluding carboxylic acids is 1. The number of nitrogens with one attached hydrogen (secondary N) is 1. The predicted molar refractivity (Wildman–Crippen MR) is 99.4 cm³/mol. The van der Waals surface area contributed by atoms with E-state index in [9.17, 15) is 4.79 Å². The van der Waals surface area contributed by atoms with Crippen LogP contribution in [0.15, 0.2) is 24.3 Å². The molecule has 6 heteroatoms. The van der Waals surface area contributed by atoms with Crippen LogP contribution in [0.3, 0.4) is 0 Å². The minimum Gasteiger partial charge on any atom is -0.310 e. The number of nitrogens with zero attached hydrogens (tertiary/aromatic N) is 3. The normalized spacial score (nSPS) is 17.3. The molecule has 25 heavy (non-hydrogen) atoms. The quantitative estimate of drug-likeness (QED) is 0.772. The van der Waals surface area contributed by atoms with Gasteiger partial charge in [0.05, 0.1) is 15.9 Å². The molecule has 0 unspecified atom stereocenters. The summed E-state index contributed by atoms with van der Waals surface area (Å²) >= 11 is 1.62. The van der Waals surface area contributed by atoms with Crippen LogP contribution in [0.2, 0.25) is 0 Å². The molecule has 2 aliphatic rings. The summed E-state index contributed by atoms with van der Waals surface area (Å²) in [6, 6.07) is 8.11. The van der Waals surface area contributed by atoms with Gasteiger partial charge >= 0.3 is 0 Å². The van der Waals surface area contributed by atoms with Gasteiger partial charge < -0.3 is 5.32 Å². The fraction of sp³-hybridized carbons (Fsp3) is 0.421. The summed E-state index contributed by atoms with van der Waals surface area (Å²) in [5.41, 5.74) is 3.29. The van der Waals surface area contributed by atoms with Crippen molar-refractivity contribution in [3.05, 3.63) is 35.5 Å². The van der Waals surface area contributed by atoms with Crippen LogP contribution in [0.4, 0.5) is 5.82 Å². The molecule has 0 aliphatic heterocycles. The van der Waals surface area contributed by atoms with Crippen LogP contribution in [0.25, 0.3) is 15.3 Å². The molecule has 1 fully saturated rings. The fourth-order valence-corrected chi connectivity index (χ4v) is 4.94. The van der Waals surface area contributed by atoms with Gasteiger partial charge in [0.15, 0.2) is 0 Å². The summed E-state index contributed by atoms with van der Waals surface area (Å²) in [5, 5.41) is 8.82. The number of carbonyl (C=O) groups is 1. The van der Waals surface area contributed by atoms with Gasteiger partial charge in [0, 0.05) is 11.5 Å². The Bertz CT molecular complexity index is 919. The van der Waals surface area contributed by atoms with Gasteiger partial charge in [-0.15, -0.1) is 0 Å². The highest BCUT2D eigenvalue weighted by atomic mass is 32.1. The van der Waals surface area contributed by atoms with E-state index in [2.05, 4.69) is 11.4 Å². The Morgan fingerprint density at radius 2 is 2.00 bits per heavy atom. The largest absolute Gasteiger partial charge is 0.310 e. The fourth-order valence-electron chi connectivity index (χ4n) is 4.02. The highest BCUT2D eigenvalue weighted by molar-refractivity contribution is 7.20. The van der Waals surface area contributed by atoms with Gasteiger partial charge in [-0.2, -0.15) is 9.78 Å². The molecular weight excluding hydrogens is 332 g/mol. The molecule has 0 atom stereocenters. The molecule has 0 bridgehead atoms. The van der Waals surface area contributed by atoms with Crippen molar-refractivity contribution in [1.29, 1.82) is 0 Å². The summed E-state index contributed by atoms with van der Waals surface area (Å²) in [5.74, 6) is 1.15. The third-order valence-electron chi connectivity index (χ3n) is 5.34. The summed E-state index contributed by atoms with van der Waals surface area (Å²) in [7, 11) is 0. The number of para-hydroxylation sites is 1. The molecule has 2 aliphatic carbocycles. The molecule has 1 saturated carbocycles. The molecule has 128 valence electrons. The third-order valence-corrected chi connectivity index (χ3v) is 6.35. The number of thiazole rings is 1. The highest BCUT2D eigenvalue weighted by Gasteiger charge is 2.29. The van der Waals surface area contributed by atoms with E-state index in [4.69, 9.17) is 10.1 Å². The smallest absolute Gasteiger partial charge is 0.228 e. The zero-order chi connectivity index (χ0) is 16.8. The van der Waals surface area contributed by atoms with Crippen LogP contribution in [0, 0.1) is 5.92 Å². The molecule has 0 radical (unpaired) electrons. The number of hydrogen-bond acceptors (Lipinski definition) is 4. The van der Waals surface area contributed by atoms with E-state index >= 15 is 0 Å². The van der Waals surface area contributed by atoms with Crippen molar-refractivity contribution in [2.24, 2.45) is 5.92 Å². The second-order valence-corrected chi connectivity index (χ2v) is 7.98. The number of amides is 1. The van der Waals surface area contributed by atoms with E-state index in [1.54, 1.807) is 11.3 Å². The maximum Gasteiger partial charge on any atom is 0.228 e. The van der Waals surface area contributed by atoms with Gasteiger partial charge in [0.2, 0.25) is 11.0 Å². The average molecular weight is 352 g/mol. The van der Waals surface area contributed by atoms with Crippen LogP contribution in [-0.2, 0) is 17.6 Å². The summed E-state index contributed by atoms with van der Waals surface area (Å²) in [6.07, 6.45) is 7.41. The second kappa shape index (κ2) is 5.95. The van der Waals surface area contributed by atoms with Crippen LogP contribution in [0.5, 0.6) is 0 Å². The molecule has 5 nitrogen and oxygen atoms in total. The Hall–Kier alpha value is -2.21. The minimum atomic E-state index is 0.148. The summed E-state index contributed by atoms with van der Waals surface area (Å²) in [4.78, 5) is 17.4. The standard InChI is InChI=1S/C19H20N4OS/c24-18(12-6-1-2-7-12)21-17-13-8-5-10-14(13)22-23(17)19-20-15-9-3-4-11-16(15)25-19/h3-4,9,11-12H,1-2,5-8,10H2,(H,21,24). The highest BCUT2D eigenvalue weighted by Crippen LogP contribution is 2.34. The Morgan fingerprint density at radius 3 is 2.84 bits per heavy atom. The number of benzene rings is 1. The van der Waals surface area contributed by atoms with Gasteiger partial charge in [0.25, 0.3) is 0 Å². The van der Waals surface area contributed by atoms with Crippen LogP contribution in [0.1, 0.15) is 43.4 Å². The topological polar surface area (TPSA) is 59.8 Å². The Morgan fingerprint density at radius 1 is 1.16 bits per heavy atom. The Balaban J connectivity index is 1.56. The number of rotatable bonds is 3. The van der Waals surface area contributed by atoms with E-state index < -0.39 is 0 Å². The zero-order valence-corrected chi connectivity index (χ0v) is 14.8. The lowest BCUT2D eigenvalue weighted by Crippen LogP contribution is -2.22. The van der Waals surface area contributed by atoms with Crippen molar-refractivity contribution >= 4 is 33.3 Å². The second-order valence-electron chi connectivity index (χ2n) is 6.97. The molecule has 0 spiro atoms. The van der Waals surface area contributed by atoms with Crippen molar-refractivity contribution in [1.82, 2.24) is 14.8 Å². The van der Waals surface area contributed by atoms with Crippen LogP contribution in [-0.4, -0.2) is 20.7 Å². The lowest BCUT2D eigenvalue weighted by atomic mass is 10.1. The van der Waals surface area contributed by atoms with Crippen molar-refractivity contribution in [3.8, 4) is 5.13 Å². The molecule has 2 heterocycles. The zero-order valence-electron chi connectivity index (χ0n) is 14.0. The first kappa shape index (κ1) is 15.1. The van der Waals surface area contributed by atoms with Crippen LogP contribution >= 0.6 is 11.3 Å². The van der Waals surface area contributed by atoms with E-state index in [1.165, 1.54) is 5.56 Å². The molecule has 1 aromatic carbocycles. The lowest BCUT2D eigenvalue weighted by molar-refractivity contribution is -0.119. The lowest BCUT2D eigenvalue weighted by Gasteiger charge is -2.12. The van der Waals surface area contributed by atoms with E-state index in [0.717, 1.165) is 71.8 Å². The maximum absolute atomic E-state index is 12.7. The molecule has 2 aromatic heterocycles. The molecule has 3 aromatic rings. The van der Waals surface area contributed by atoms with Gasteiger partial charge in [-0.3, -0.25) is 4.79 Å². The van der Waals surface area contributed by atoms with E-state index in [1.807, 2.05) is 22.9 Å². The predicted octanol–water partition coefficient (Wildman–Crippen LogP) is 4.10. The number of anilines is 1. The Kier molecular flexibility index (Phi) is 3.59. The molecule has 5 rings (SSSR count). The molecule has 1 N–H and O–H groups in total. The van der Waals surface area contributed by atoms with Crippen LogP contribution < -0.4 is 5.32 Å². The van der Waals surface area contributed by atoms with Crippen molar-refractivity contribution < 1.29 is 4.79 Å². The van der Waals surface area contributed by atoms with Crippen molar-refractivity contribution in [2.45, 2.75) is 44.9 Å². The first-order valence-corrected chi connectivity index (χ1v) is 9.89. The third kappa shape index (κ3) is 2.56. The SMILES string of the molecule is O=C(Nc1c2c(nn1-c1nc3ccccc3s1)CCC2)C1CCCC1. The van der Waals surface area contributed by atoms with Gasteiger partial charge in [0.1, 0.15) is 5.82 Å². The average Bonchev–Trinajstić information content (AvgIpc) is 3.39. The van der Waals surface area contributed by atoms with Gasteiger partial charge in [-0.1, -0.05) is 36.3 Å². The first-order valence-electron chi connectivity index (χ1n) is 9.07. The molecular formula is C19H20N4OS. The van der Waals surface area contributed by atoms with E-state index in [0.29, 0.717) is 0 Å². The van der Waals surface area contributed by atoms with Gasteiger partial charge in [-0.25, -0.2) is 4.98 Å². The van der Waals surface area contributed by atoms with Gasteiger partial charge in [-0.05, 0) is 44.2 Å². The number of hydrogen-bond donors (Lipinski definition) is 1. The molecule has 1 amide bonds. The Labute approximate surface area is 150 Å². The molecule has 0 saturated heterocycles. The maximum atomic E-state index is 12.7. The minimum absolute atomic E-state index is 0.148. The first-order chi connectivity index (χ1) is 12.3. The van der Waals surface area contributed by atoms with Crippen molar-refractivity contribution in [2.75, 3.05) is 5.32 Å². The number of fused-ring (bicyclic) bond motifs is 2. The van der Waals surface area contributed by atoms with Crippen molar-refractivity contribution in [3.63, 3.8) is 0 Å². The monoisotopic (exact) mass is 352 g/mol. The van der Waals surface area contributed by atoms with E-state index in [-0.39, 0.29) is 11.8 Å². The number of aromatic nitrogens is 3.